The first kappa shape index (κ1) is 40.2. The summed E-state index contributed by atoms with van der Waals surface area (Å²) < 4.78 is 9.84. The van der Waals surface area contributed by atoms with E-state index in [0.29, 0.717) is 50.0 Å². The zero-order valence-electron chi connectivity index (χ0n) is 34.2. The van der Waals surface area contributed by atoms with Gasteiger partial charge in [-0.1, -0.05) is 46.8 Å². The molecule has 0 radical (unpaired) electrons. The van der Waals surface area contributed by atoms with Crippen molar-refractivity contribution in [2.75, 3.05) is 0 Å². The molecule has 63 heavy (non-hydrogen) atoms. The summed E-state index contributed by atoms with van der Waals surface area (Å²) in [5.41, 5.74) is 14.5. The summed E-state index contributed by atoms with van der Waals surface area (Å²) in [6, 6.07) is 25.4. The zero-order valence-corrected chi connectivity index (χ0v) is 35.8. The van der Waals surface area contributed by atoms with Crippen LogP contribution in [0.5, 0.6) is 0 Å². The number of benzene rings is 2. The van der Waals surface area contributed by atoms with Crippen molar-refractivity contribution in [1.82, 2.24) is 48.8 Å². The molecule has 316 valence electrons. The number of nitrogens with zero attached hydrogens (tertiary/aromatic N) is 10. The minimum Gasteiger partial charge on any atom is -0.476 e. The highest BCUT2D eigenvalue weighted by atomic mass is 32.1. The van der Waals surface area contributed by atoms with Crippen LogP contribution in [-0.2, 0) is 26.1 Å². The summed E-state index contributed by atoms with van der Waals surface area (Å²) in [5, 5.41) is 31.2. The van der Waals surface area contributed by atoms with Crippen LogP contribution in [0.25, 0.3) is 31.5 Å². The van der Waals surface area contributed by atoms with Gasteiger partial charge in [-0.2, -0.15) is 0 Å². The second-order valence-electron chi connectivity index (χ2n) is 16.1. The third-order valence-corrected chi connectivity index (χ3v) is 13.1. The van der Waals surface area contributed by atoms with Crippen molar-refractivity contribution < 1.29 is 14.7 Å². The van der Waals surface area contributed by atoms with Crippen LogP contribution < -0.4 is 5.73 Å². The Morgan fingerprint density at radius 2 is 1.16 bits per heavy atom. The van der Waals surface area contributed by atoms with Gasteiger partial charge in [-0.15, -0.1) is 32.9 Å². The lowest BCUT2D eigenvalue weighted by atomic mass is 10.1. The van der Waals surface area contributed by atoms with Crippen molar-refractivity contribution in [3.05, 3.63) is 166 Å². The molecule has 0 atom stereocenters. The molecule has 12 rings (SSSR count). The van der Waals surface area contributed by atoms with E-state index in [-0.39, 0.29) is 11.5 Å². The van der Waals surface area contributed by atoms with Gasteiger partial charge in [-0.3, -0.25) is 4.79 Å². The average molecular weight is 874 g/mol. The molecule has 0 saturated heterocycles. The summed E-state index contributed by atoms with van der Waals surface area (Å²) in [6.07, 6.45) is 17.6. The molecule has 8 heterocycles. The number of imidazole rings is 2. The van der Waals surface area contributed by atoms with E-state index in [1.807, 2.05) is 22.9 Å². The van der Waals surface area contributed by atoms with Gasteiger partial charge in [0, 0.05) is 47.2 Å². The van der Waals surface area contributed by atoms with E-state index in [0.717, 1.165) is 22.7 Å². The number of carboxylic acids is 1. The third kappa shape index (κ3) is 9.48. The van der Waals surface area contributed by atoms with Gasteiger partial charge in [0.05, 0.1) is 36.9 Å². The molecule has 14 nitrogen and oxygen atoms in total. The van der Waals surface area contributed by atoms with Crippen LogP contribution in [0.4, 0.5) is 0 Å². The molecule has 0 amide bonds. The first-order valence-electron chi connectivity index (χ1n) is 20.9. The van der Waals surface area contributed by atoms with Crippen molar-refractivity contribution in [1.29, 1.82) is 0 Å². The Kier molecular flexibility index (Phi) is 11.2. The Bertz CT molecular complexity index is 3240. The van der Waals surface area contributed by atoms with Crippen LogP contribution >= 0.6 is 22.7 Å². The van der Waals surface area contributed by atoms with Crippen LogP contribution in [0.2, 0.25) is 0 Å². The quantitative estimate of drug-likeness (QED) is 0.113. The summed E-state index contributed by atoms with van der Waals surface area (Å²) >= 11 is 3.49. The SMILES string of the molecule is NCc1ccc2ccsc2c1.O=C(CCc1ccc2ccsc2c1)c1cn(Cc2cn3cc(C4CC4)ccc3n2)nn1.O=C(O)c1cn(Cc2cn3cc(C4CC4)ccc3n2)nn1. The molecule has 3 N–H and O–H groups in total. The molecular weight excluding hydrogens is 831 g/mol. The highest BCUT2D eigenvalue weighted by Crippen LogP contribution is 2.40. The third-order valence-electron chi connectivity index (χ3n) is 11.3. The molecule has 10 aromatic rings. The number of carbonyl (C=O) groups excluding carboxylic acids is 1. The molecule has 2 fully saturated rings. The number of rotatable bonds is 12. The number of thiophene rings is 2. The molecule has 16 heteroatoms. The summed E-state index contributed by atoms with van der Waals surface area (Å²) in [6.45, 7) is 1.53. The number of carboxylic acid groups (broad SMARTS) is 1. The highest BCUT2D eigenvalue weighted by molar-refractivity contribution is 7.17. The van der Waals surface area contributed by atoms with E-state index in [9.17, 15) is 9.59 Å². The number of aromatic nitrogens is 10. The minimum atomic E-state index is -1.08. The fourth-order valence-electron chi connectivity index (χ4n) is 7.57. The number of aromatic carboxylic acids is 1. The molecule has 2 aromatic carbocycles. The average Bonchev–Trinajstić information content (AvgIpc) is 3.82. The smallest absolute Gasteiger partial charge is 0.358 e. The van der Waals surface area contributed by atoms with Crippen molar-refractivity contribution in [3.63, 3.8) is 0 Å². The van der Waals surface area contributed by atoms with Crippen molar-refractivity contribution in [2.45, 2.75) is 70.0 Å². The first-order valence-corrected chi connectivity index (χ1v) is 22.7. The van der Waals surface area contributed by atoms with Crippen LogP contribution in [0.3, 0.4) is 0 Å². The number of Topliss-reactive ketones (excluding diaryl/α,β-unsaturated/α-hetero) is 1. The van der Waals surface area contributed by atoms with Gasteiger partial charge in [-0.05, 0) is 124 Å². The Labute approximate surface area is 369 Å². The van der Waals surface area contributed by atoms with E-state index in [1.54, 1.807) is 33.6 Å². The number of hydrogen-bond acceptors (Lipinski definition) is 11. The first-order chi connectivity index (χ1) is 30.8. The minimum absolute atomic E-state index is 0.0154. The van der Waals surface area contributed by atoms with Gasteiger partial charge in [-0.25, -0.2) is 24.1 Å². The molecule has 2 saturated carbocycles. The summed E-state index contributed by atoms with van der Waals surface area (Å²) in [5.74, 6) is 0.354. The molecule has 0 bridgehead atoms. The van der Waals surface area contributed by atoms with Crippen molar-refractivity contribution in [3.8, 4) is 0 Å². The second kappa shape index (κ2) is 17.5. The Balaban J connectivity index is 0.000000126. The van der Waals surface area contributed by atoms with Gasteiger partial charge in [0.2, 0.25) is 0 Å². The highest BCUT2D eigenvalue weighted by Gasteiger charge is 2.25. The maximum Gasteiger partial charge on any atom is 0.358 e. The lowest BCUT2D eigenvalue weighted by Gasteiger charge is -2.00. The summed E-state index contributed by atoms with van der Waals surface area (Å²) in [4.78, 5) is 32.6. The molecule has 0 unspecified atom stereocenters. The van der Waals surface area contributed by atoms with Crippen molar-refractivity contribution >= 4 is 65.9 Å². The standard InChI is InChI=1S/C24H21N5OS.C14H13N5O2.C9H9NS/c30-22(7-2-16-1-3-18-9-10-31-23(18)11-16)21-15-29(27-26-21)14-20-13-28-12-19(17-4-5-17)6-8-24(28)25-20;20-14(21)12-8-19(17-16-12)7-11-6-18-5-10(9-1-2-9)3-4-13(18)15-11;10-6-7-1-2-8-3-4-11-9(8)5-7/h1,3,6,8-13,15,17H,2,4-5,7,14H2;3-6,8-9H,1-2,7H2,(H,20,21);1-5H,6,10H2. The molecule has 2 aliphatic carbocycles. The van der Waals surface area contributed by atoms with E-state index in [2.05, 4.69) is 125 Å². The Morgan fingerprint density at radius 1 is 0.635 bits per heavy atom. The van der Waals surface area contributed by atoms with Crippen LogP contribution in [0.1, 0.15) is 98.6 Å². The second-order valence-corrected chi connectivity index (χ2v) is 18.0. The van der Waals surface area contributed by atoms with Gasteiger partial charge in [0.25, 0.3) is 0 Å². The van der Waals surface area contributed by atoms with Gasteiger partial charge < -0.3 is 19.6 Å². The number of fused-ring (bicyclic) bond motifs is 4. The predicted octanol–water partition coefficient (Wildman–Crippen LogP) is 8.79. The number of hydrogen-bond donors (Lipinski definition) is 2. The number of nitrogens with two attached hydrogens (primary N) is 1. The monoisotopic (exact) mass is 873 g/mol. The normalized spacial score (nSPS) is 13.6. The van der Waals surface area contributed by atoms with E-state index in [4.69, 9.17) is 10.8 Å². The van der Waals surface area contributed by atoms with Crippen molar-refractivity contribution in [2.24, 2.45) is 5.73 Å². The number of pyridine rings is 2. The molecule has 2 aliphatic rings. The fourth-order valence-corrected chi connectivity index (χ4v) is 9.27. The predicted molar refractivity (Wildman–Crippen MR) is 244 cm³/mol. The Hall–Kier alpha value is -6.88. The van der Waals surface area contributed by atoms with E-state index in [1.165, 1.54) is 79.0 Å². The van der Waals surface area contributed by atoms with Crippen LogP contribution in [0, 0.1) is 0 Å². The number of carbonyl (C=O) groups is 2. The number of ketones is 1. The summed E-state index contributed by atoms with van der Waals surface area (Å²) in [7, 11) is 0. The molecular formula is C47H43N11O3S2. The van der Waals surface area contributed by atoms with Gasteiger partial charge >= 0.3 is 5.97 Å². The lowest BCUT2D eigenvalue weighted by Crippen LogP contribution is -2.02. The van der Waals surface area contributed by atoms with Crippen LogP contribution in [-0.4, -0.2) is 65.6 Å². The van der Waals surface area contributed by atoms with Crippen LogP contribution in [0.15, 0.2) is 121 Å². The Morgan fingerprint density at radius 3 is 1.68 bits per heavy atom. The fraction of sp³-hybridized carbons (Fsp3) is 0.234. The number of aryl methyl sites for hydroxylation is 1. The maximum absolute atomic E-state index is 12.6. The molecule has 8 aromatic heterocycles. The lowest BCUT2D eigenvalue weighted by molar-refractivity contribution is 0.0690. The topological polar surface area (TPSA) is 176 Å². The van der Waals surface area contributed by atoms with Gasteiger partial charge in [0.15, 0.2) is 11.5 Å². The van der Waals surface area contributed by atoms with E-state index >= 15 is 0 Å². The maximum atomic E-state index is 12.6. The zero-order chi connectivity index (χ0) is 42.9. The molecule has 0 spiro atoms. The van der Waals surface area contributed by atoms with Gasteiger partial charge in [0.1, 0.15) is 17.0 Å². The largest absolute Gasteiger partial charge is 0.476 e. The van der Waals surface area contributed by atoms with E-state index < -0.39 is 5.97 Å². The molecule has 0 aliphatic heterocycles.